The highest BCUT2D eigenvalue weighted by Gasteiger charge is 2.39. The number of aryl methyl sites for hydroxylation is 4. The Kier molecular flexibility index (Phi) is 19.2. The number of pyridine rings is 4. The van der Waals surface area contributed by atoms with Crippen molar-refractivity contribution >= 4 is 44.4 Å². The van der Waals surface area contributed by atoms with Crippen molar-refractivity contribution < 1.29 is 67.3 Å². The van der Waals surface area contributed by atoms with Gasteiger partial charge in [-0.15, -0.1) is 0 Å². The molecule has 6 heterocycles. The minimum atomic E-state index is -4.66. The molecule has 12 nitrogen and oxygen atoms in total. The van der Waals surface area contributed by atoms with Gasteiger partial charge in [0.05, 0.1) is 36.2 Å². The smallest absolute Gasteiger partial charge is 0.434 e. The van der Waals surface area contributed by atoms with Gasteiger partial charge < -0.3 is 9.84 Å². The molecule has 0 atom stereocenters. The Morgan fingerprint density at radius 3 is 1.51 bits per heavy atom. The zero-order valence-corrected chi connectivity index (χ0v) is 40.7. The number of benzene rings is 1. The van der Waals surface area contributed by atoms with Crippen LogP contribution in [0.5, 0.6) is 0 Å². The van der Waals surface area contributed by atoms with Crippen molar-refractivity contribution in [3.63, 3.8) is 0 Å². The molecule has 26 heteroatoms. The van der Waals surface area contributed by atoms with Crippen molar-refractivity contribution in [2.75, 3.05) is 6.61 Å². The summed E-state index contributed by atoms with van der Waals surface area (Å²) in [5.41, 5.74) is -0.646. The van der Waals surface area contributed by atoms with E-state index in [0.29, 0.717) is 38.7 Å². The summed E-state index contributed by atoms with van der Waals surface area (Å²) in [4.78, 5) is 45.2. The van der Waals surface area contributed by atoms with Crippen molar-refractivity contribution in [3.05, 3.63) is 163 Å². The first-order chi connectivity index (χ1) is 33.4. The van der Waals surface area contributed by atoms with Gasteiger partial charge in [-0.3, -0.25) is 34.1 Å². The lowest BCUT2D eigenvalue weighted by molar-refractivity contribution is -0.143. The number of aromatic nitrogens is 8. The SMILES string of the molecule is CCOC(=O)c1cc(C)cnc1C(F)(F)F.Cc1cnc(C(F)(F)F)c(CBr)c1.Cc1cnc(C(F)(F)F)c(CO)c1.Cc1cnc(C(F)(F)F)c(Cn2c3cc(-c4cnc(Cl)nc4)ccc3c(=O)n2C)c1. The molecule has 0 fully saturated rings. The van der Waals surface area contributed by atoms with Crippen molar-refractivity contribution in [3.8, 4) is 11.1 Å². The normalized spacial score (nSPS) is 11.7. The molecule has 1 aromatic carbocycles. The molecule has 0 spiro atoms. The molecule has 0 aliphatic carbocycles. The molecule has 0 aliphatic heterocycles. The maximum absolute atomic E-state index is 13.5. The lowest BCUT2D eigenvalue weighted by Gasteiger charge is -2.15. The molecule has 0 bridgehead atoms. The highest BCUT2D eigenvalue weighted by atomic mass is 79.9. The molecule has 0 unspecified atom stereocenters. The van der Waals surface area contributed by atoms with E-state index < -0.39 is 65.6 Å². The maximum atomic E-state index is 13.5. The van der Waals surface area contributed by atoms with Crippen molar-refractivity contribution in [1.82, 2.24) is 39.3 Å². The van der Waals surface area contributed by atoms with Crippen molar-refractivity contribution in [2.45, 2.75) is 77.8 Å². The molecule has 0 amide bonds. The summed E-state index contributed by atoms with van der Waals surface area (Å²) in [6, 6.07) is 10.4. The van der Waals surface area contributed by atoms with Gasteiger partial charge in [0.15, 0.2) is 5.69 Å². The molecule has 0 radical (unpaired) electrons. The van der Waals surface area contributed by atoms with E-state index in [1.165, 1.54) is 66.3 Å². The van der Waals surface area contributed by atoms with Crippen LogP contribution in [0, 0.1) is 27.7 Å². The monoisotopic (exact) mass is 1110 g/mol. The topological polar surface area (TPSA) is 151 Å². The Labute approximate surface area is 414 Å². The summed E-state index contributed by atoms with van der Waals surface area (Å²) in [7, 11) is 1.52. The number of carbonyl (C=O) groups excluding carboxylic acids is 1. The van der Waals surface area contributed by atoms with E-state index in [1.54, 1.807) is 45.9 Å². The van der Waals surface area contributed by atoms with Gasteiger partial charge in [0.2, 0.25) is 5.28 Å². The second-order valence-electron chi connectivity index (χ2n) is 15.3. The van der Waals surface area contributed by atoms with Gasteiger partial charge in [-0.1, -0.05) is 40.2 Å². The highest BCUT2D eigenvalue weighted by Crippen LogP contribution is 2.34. The van der Waals surface area contributed by atoms with Crippen molar-refractivity contribution in [1.29, 1.82) is 0 Å². The van der Waals surface area contributed by atoms with Gasteiger partial charge >= 0.3 is 30.7 Å². The van der Waals surface area contributed by atoms with Gasteiger partial charge in [0, 0.05) is 66.2 Å². The Bertz CT molecular complexity index is 3010. The number of hydrogen-bond acceptors (Lipinski definition) is 10. The molecular weight excluding hydrogens is 1070 g/mol. The molecule has 386 valence electrons. The first-order valence-electron chi connectivity index (χ1n) is 20.5. The predicted octanol–water partition coefficient (Wildman–Crippen LogP) is 12.0. The molecule has 7 aromatic rings. The minimum absolute atomic E-state index is 0.0179. The number of rotatable bonds is 7. The average Bonchev–Trinajstić information content (AvgIpc) is 3.52. The van der Waals surface area contributed by atoms with E-state index in [0.717, 1.165) is 24.0 Å². The third-order valence-corrected chi connectivity index (χ3v) is 10.5. The van der Waals surface area contributed by atoms with E-state index in [1.807, 2.05) is 0 Å². The van der Waals surface area contributed by atoms with Crippen LogP contribution in [0.25, 0.3) is 22.0 Å². The van der Waals surface area contributed by atoms with Crippen LogP contribution in [0.4, 0.5) is 52.7 Å². The van der Waals surface area contributed by atoms with Crippen LogP contribution in [-0.4, -0.2) is 57.0 Å². The van der Waals surface area contributed by atoms with Gasteiger partial charge in [0.1, 0.15) is 17.1 Å². The zero-order chi connectivity index (χ0) is 54.1. The summed E-state index contributed by atoms with van der Waals surface area (Å²) in [6.45, 7) is 7.27. The first-order valence-corrected chi connectivity index (χ1v) is 22.0. The van der Waals surface area contributed by atoms with Gasteiger partial charge in [0.25, 0.3) is 5.56 Å². The lowest BCUT2D eigenvalue weighted by Crippen LogP contribution is -2.21. The van der Waals surface area contributed by atoms with E-state index in [2.05, 4.69) is 50.6 Å². The summed E-state index contributed by atoms with van der Waals surface area (Å²) in [5, 5.41) is 9.32. The fourth-order valence-electron chi connectivity index (χ4n) is 6.52. The number of halogens is 14. The van der Waals surface area contributed by atoms with Gasteiger partial charge in [-0.25, -0.2) is 14.8 Å². The molecular formula is C46H40BrClF12N8O4. The standard InChI is InChI=1S/C20H15ClF3N5O.C10H10F3NO2.C8H7BrF3N.C8H8F3NO/c1-11-5-13(17(25-7-11)20(22,23)24)10-29-16-6-12(14-8-26-19(21)27-9-14)3-4-15(16)18(30)28(29)2;1-3-16-9(15)7-4-6(2)5-14-8(7)10(11,12)13;1-5-2-6(3-9)7(13-4-5)8(10,11)12;1-5-2-6(4-13)7(12-3-5)8(9,10)11/h3-9H,10H2,1-2H3;4-5H,3H2,1-2H3;2,4H,3H2,1H3;2-3,13H,4H2,1H3. The molecule has 1 N–H and O–H groups in total. The summed E-state index contributed by atoms with van der Waals surface area (Å²) < 4.78 is 159. The number of aliphatic hydroxyl groups is 1. The number of ether oxygens (including phenoxy) is 1. The highest BCUT2D eigenvalue weighted by molar-refractivity contribution is 9.08. The number of aliphatic hydroxyl groups excluding tert-OH is 1. The number of esters is 1. The fourth-order valence-corrected chi connectivity index (χ4v) is 7.05. The predicted molar refractivity (Wildman–Crippen MR) is 243 cm³/mol. The minimum Gasteiger partial charge on any atom is -0.462 e. The Morgan fingerprint density at radius 1 is 0.625 bits per heavy atom. The molecule has 0 saturated heterocycles. The van der Waals surface area contributed by atoms with Crippen molar-refractivity contribution in [2.24, 2.45) is 7.05 Å². The lowest BCUT2D eigenvalue weighted by atomic mass is 10.1. The number of fused-ring (bicyclic) bond motifs is 1. The van der Waals surface area contributed by atoms with Crippen LogP contribution in [-0.2, 0) is 55.0 Å². The molecule has 7 rings (SSSR count). The van der Waals surface area contributed by atoms with E-state index in [4.69, 9.17) is 16.7 Å². The van der Waals surface area contributed by atoms with Crippen LogP contribution in [0.1, 0.15) is 79.0 Å². The summed E-state index contributed by atoms with van der Waals surface area (Å²) >= 11 is 8.72. The second kappa shape index (κ2) is 23.8. The Balaban J connectivity index is 0.000000227. The third kappa shape index (κ3) is 15.3. The first kappa shape index (κ1) is 58.1. The van der Waals surface area contributed by atoms with E-state index in [9.17, 15) is 62.3 Å². The molecule has 6 aromatic heterocycles. The largest absolute Gasteiger partial charge is 0.462 e. The maximum Gasteiger partial charge on any atom is 0.434 e. The van der Waals surface area contributed by atoms with Crippen LogP contribution in [0.3, 0.4) is 0 Å². The fraction of sp³-hybridized carbons (Fsp3) is 0.304. The Hall–Kier alpha value is -6.47. The van der Waals surface area contributed by atoms with E-state index in [-0.39, 0.29) is 46.0 Å². The van der Waals surface area contributed by atoms with Crippen LogP contribution in [0.2, 0.25) is 5.28 Å². The number of hydrogen-bond donors (Lipinski definition) is 1. The van der Waals surface area contributed by atoms with Crippen LogP contribution in [0.15, 0.2) is 84.4 Å². The zero-order valence-electron chi connectivity index (χ0n) is 38.4. The number of alkyl halides is 13. The molecule has 0 aliphatic rings. The van der Waals surface area contributed by atoms with E-state index >= 15 is 0 Å². The van der Waals surface area contributed by atoms with Gasteiger partial charge in [-0.05, 0) is 97.8 Å². The summed E-state index contributed by atoms with van der Waals surface area (Å²) in [5.74, 6) is -1.01. The molecule has 72 heavy (non-hydrogen) atoms. The molecule has 0 saturated carbocycles. The summed E-state index contributed by atoms with van der Waals surface area (Å²) in [6.07, 6.45) is -10.5. The quantitative estimate of drug-likeness (QED) is 0.0707. The van der Waals surface area contributed by atoms with Gasteiger partial charge in [-0.2, -0.15) is 52.7 Å². The Morgan fingerprint density at radius 2 is 1.06 bits per heavy atom. The average molecular weight is 1110 g/mol. The van der Waals surface area contributed by atoms with Crippen LogP contribution >= 0.6 is 27.5 Å². The second-order valence-corrected chi connectivity index (χ2v) is 16.2. The number of nitrogens with zero attached hydrogens (tertiary/aromatic N) is 8. The third-order valence-electron chi connectivity index (χ3n) is 9.65. The number of carbonyl (C=O) groups is 1. The van der Waals surface area contributed by atoms with Crippen LogP contribution < -0.4 is 5.56 Å².